The number of aromatic nitrogens is 4. The summed E-state index contributed by atoms with van der Waals surface area (Å²) in [5.74, 6) is 0.903. The van der Waals surface area contributed by atoms with Crippen molar-refractivity contribution in [3.05, 3.63) is 35.2 Å². The molecule has 3 rings (SSSR count). The van der Waals surface area contributed by atoms with E-state index >= 15 is 0 Å². The molecule has 25 heavy (non-hydrogen) atoms. The number of para-hydroxylation sites is 1. The summed E-state index contributed by atoms with van der Waals surface area (Å²) in [6.45, 7) is 13.9. The summed E-state index contributed by atoms with van der Waals surface area (Å²) >= 11 is 0. The number of piperazine rings is 1. The van der Waals surface area contributed by atoms with Crippen LogP contribution in [0.1, 0.15) is 23.9 Å². The van der Waals surface area contributed by atoms with Gasteiger partial charge in [0, 0.05) is 39.3 Å². The van der Waals surface area contributed by atoms with Crippen LogP contribution in [-0.4, -0.2) is 75.9 Å². The van der Waals surface area contributed by atoms with E-state index in [2.05, 4.69) is 57.4 Å². The van der Waals surface area contributed by atoms with Gasteiger partial charge in [-0.1, -0.05) is 18.2 Å². The molecule has 0 atom stereocenters. The van der Waals surface area contributed by atoms with Gasteiger partial charge in [-0.15, -0.1) is 5.10 Å². The lowest BCUT2D eigenvalue weighted by Gasteiger charge is -2.34. The molecule has 1 aliphatic rings. The van der Waals surface area contributed by atoms with Gasteiger partial charge in [-0.3, -0.25) is 9.80 Å². The summed E-state index contributed by atoms with van der Waals surface area (Å²) in [4.78, 5) is 4.88. The van der Waals surface area contributed by atoms with Crippen LogP contribution in [0.3, 0.4) is 0 Å². The standard InChI is InChI=1S/C18H28N6O/c1-4-25-13-12-22-8-10-23(11-9-22)14-17-19-20-21-24(17)18-15(2)6-5-7-16(18)3/h5-7H,4,8-14H2,1-3H3. The average molecular weight is 344 g/mol. The molecule has 1 aromatic heterocycles. The second-order valence-corrected chi connectivity index (χ2v) is 6.56. The summed E-state index contributed by atoms with van der Waals surface area (Å²) in [6, 6.07) is 6.27. The van der Waals surface area contributed by atoms with Gasteiger partial charge in [-0.05, 0) is 42.3 Å². The Bertz CT molecular complexity index is 658. The van der Waals surface area contributed by atoms with Crippen molar-refractivity contribution >= 4 is 0 Å². The maximum absolute atomic E-state index is 5.45. The Kier molecular flexibility index (Phi) is 6.12. The number of tetrazole rings is 1. The number of hydrogen-bond donors (Lipinski definition) is 0. The van der Waals surface area contributed by atoms with E-state index in [1.54, 1.807) is 0 Å². The third-order valence-corrected chi connectivity index (χ3v) is 4.77. The molecule has 0 unspecified atom stereocenters. The van der Waals surface area contributed by atoms with Gasteiger partial charge >= 0.3 is 0 Å². The monoisotopic (exact) mass is 344 g/mol. The van der Waals surface area contributed by atoms with Crippen molar-refractivity contribution in [2.45, 2.75) is 27.3 Å². The van der Waals surface area contributed by atoms with E-state index in [0.717, 1.165) is 64.0 Å². The van der Waals surface area contributed by atoms with Crippen molar-refractivity contribution in [3.63, 3.8) is 0 Å². The second kappa shape index (κ2) is 8.51. The lowest BCUT2D eigenvalue weighted by molar-refractivity contribution is 0.0775. The number of nitrogens with zero attached hydrogens (tertiary/aromatic N) is 6. The van der Waals surface area contributed by atoms with Crippen LogP contribution in [0, 0.1) is 13.8 Å². The number of hydrogen-bond acceptors (Lipinski definition) is 6. The molecule has 7 nitrogen and oxygen atoms in total. The van der Waals surface area contributed by atoms with Gasteiger partial charge in [-0.2, -0.15) is 4.68 Å². The zero-order valence-corrected chi connectivity index (χ0v) is 15.5. The fraction of sp³-hybridized carbons (Fsp3) is 0.611. The predicted molar refractivity (Wildman–Crippen MR) is 96.8 cm³/mol. The smallest absolute Gasteiger partial charge is 0.170 e. The van der Waals surface area contributed by atoms with Crippen molar-refractivity contribution in [2.75, 3.05) is 45.9 Å². The Morgan fingerprint density at radius 1 is 1.04 bits per heavy atom. The van der Waals surface area contributed by atoms with Gasteiger partial charge < -0.3 is 4.74 Å². The molecule has 0 N–H and O–H groups in total. The molecule has 0 bridgehead atoms. The number of aryl methyl sites for hydroxylation is 2. The summed E-state index contributed by atoms with van der Waals surface area (Å²) < 4.78 is 7.35. The van der Waals surface area contributed by atoms with Gasteiger partial charge in [-0.25, -0.2) is 0 Å². The van der Waals surface area contributed by atoms with Crippen LogP contribution >= 0.6 is 0 Å². The highest BCUT2D eigenvalue weighted by Gasteiger charge is 2.20. The Morgan fingerprint density at radius 2 is 1.72 bits per heavy atom. The van der Waals surface area contributed by atoms with Gasteiger partial charge in [0.05, 0.1) is 18.8 Å². The molecule has 2 heterocycles. The normalized spacial score (nSPS) is 16.4. The third-order valence-electron chi connectivity index (χ3n) is 4.77. The van der Waals surface area contributed by atoms with Crippen LogP contribution in [-0.2, 0) is 11.3 Å². The minimum atomic E-state index is 0.778. The Balaban J connectivity index is 1.61. The Labute approximate surface area is 149 Å². The van der Waals surface area contributed by atoms with Crippen molar-refractivity contribution in [2.24, 2.45) is 0 Å². The lowest BCUT2D eigenvalue weighted by Crippen LogP contribution is -2.47. The fourth-order valence-electron chi connectivity index (χ4n) is 3.33. The van der Waals surface area contributed by atoms with Crippen molar-refractivity contribution in [1.29, 1.82) is 0 Å². The average Bonchev–Trinajstić information content (AvgIpc) is 3.04. The first-order valence-corrected chi connectivity index (χ1v) is 9.05. The fourth-order valence-corrected chi connectivity index (χ4v) is 3.33. The lowest BCUT2D eigenvalue weighted by atomic mass is 10.1. The van der Waals surface area contributed by atoms with E-state index < -0.39 is 0 Å². The molecule has 0 aliphatic carbocycles. The van der Waals surface area contributed by atoms with E-state index in [1.165, 1.54) is 11.1 Å². The number of benzene rings is 1. The summed E-state index contributed by atoms with van der Waals surface area (Å²) in [5.41, 5.74) is 3.47. The van der Waals surface area contributed by atoms with Crippen LogP contribution in [0.15, 0.2) is 18.2 Å². The largest absolute Gasteiger partial charge is 0.380 e. The van der Waals surface area contributed by atoms with E-state index in [9.17, 15) is 0 Å². The molecule has 0 saturated carbocycles. The van der Waals surface area contributed by atoms with E-state index in [0.29, 0.717) is 0 Å². The zero-order valence-electron chi connectivity index (χ0n) is 15.5. The SMILES string of the molecule is CCOCCN1CCN(Cc2nnnn2-c2c(C)cccc2C)CC1. The quantitative estimate of drug-likeness (QED) is 0.708. The maximum Gasteiger partial charge on any atom is 0.170 e. The summed E-state index contributed by atoms with van der Waals surface area (Å²) in [5, 5.41) is 12.4. The van der Waals surface area contributed by atoms with Crippen LogP contribution in [0.25, 0.3) is 5.69 Å². The number of ether oxygens (including phenoxy) is 1. The topological polar surface area (TPSA) is 59.3 Å². The Morgan fingerprint density at radius 3 is 2.40 bits per heavy atom. The van der Waals surface area contributed by atoms with Gasteiger partial charge in [0.15, 0.2) is 5.82 Å². The zero-order chi connectivity index (χ0) is 17.6. The molecule has 0 amide bonds. The number of rotatable bonds is 7. The van der Waals surface area contributed by atoms with Crippen LogP contribution < -0.4 is 0 Å². The summed E-state index contributed by atoms with van der Waals surface area (Å²) in [7, 11) is 0. The molecule has 2 aromatic rings. The van der Waals surface area contributed by atoms with E-state index in [4.69, 9.17) is 4.74 Å². The van der Waals surface area contributed by atoms with Crippen molar-refractivity contribution < 1.29 is 4.74 Å². The molecule has 0 radical (unpaired) electrons. The van der Waals surface area contributed by atoms with Crippen LogP contribution in [0.4, 0.5) is 0 Å². The first-order chi connectivity index (χ1) is 12.2. The van der Waals surface area contributed by atoms with Gasteiger partial charge in [0.2, 0.25) is 0 Å². The highest BCUT2D eigenvalue weighted by molar-refractivity contribution is 5.46. The van der Waals surface area contributed by atoms with Crippen LogP contribution in [0.2, 0.25) is 0 Å². The van der Waals surface area contributed by atoms with E-state index in [-0.39, 0.29) is 0 Å². The molecule has 1 fully saturated rings. The first-order valence-electron chi connectivity index (χ1n) is 9.05. The molecule has 1 aromatic carbocycles. The van der Waals surface area contributed by atoms with Gasteiger partial charge in [0.25, 0.3) is 0 Å². The predicted octanol–water partition coefficient (Wildman–Crippen LogP) is 1.43. The van der Waals surface area contributed by atoms with Crippen molar-refractivity contribution in [3.8, 4) is 5.69 Å². The third kappa shape index (κ3) is 4.42. The highest BCUT2D eigenvalue weighted by Crippen LogP contribution is 2.19. The molecule has 1 saturated heterocycles. The Hall–Kier alpha value is -1.83. The molecule has 7 heteroatoms. The maximum atomic E-state index is 5.45. The van der Waals surface area contributed by atoms with E-state index in [1.807, 2.05) is 11.6 Å². The second-order valence-electron chi connectivity index (χ2n) is 6.56. The first kappa shape index (κ1) is 18.0. The minimum Gasteiger partial charge on any atom is -0.380 e. The minimum absolute atomic E-state index is 0.778. The van der Waals surface area contributed by atoms with Crippen molar-refractivity contribution in [1.82, 2.24) is 30.0 Å². The molecular formula is C18H28N6O. The molecule has 1 aliphatic heterocycles. The summed E-state index contributed by atoms with van der Waals surface area (Å²) in [6.07, 6.45) is 0. The molecule has 0 spiro atoms. The van der Waals surface area contributed by atoms with Gasteiger partial charge in [0.1, 0.15) is 0 Å². The molecular weight excluding hydrogens is 316 g/mol. The van der Waals surface area contributed by atoms with Crippen LogP contribution in [0.5, 0.6) is 0 Å². The highest BCUT2D eigenvalue weighted by atomic mass is 16.5. The molecule has 136 valence electrons.